The largest absolute Gasteiger partial charge is 0.354 e. The third-order valence-electron chi connectivity index (χ3n) is 3.39. The molecule has 3 N–H and O–H groups in total. The van der Waals surface area contributed by atoms with Crippen LogP contribution in [-0.2, 0) is 4.79 Å². The number of carbonyl (C=O) groups is 1. The molecule has 82 valence electrons. The van der Waals surface area contributed by atoms with E-state index in [-0.39, 0.29) is 17.9 Å². The Kier molecular flexibility index (Phi) is 3.93. The lowest BCUT2D eigenvalue weighted by atomic mass is 9.78. The normalized spacial score (nSPS) is 18.5. The third-order valence-corrected chi connectivity index (χ3v) is 3.39. The summed E-state index contributed by atoms with van der Waals surface area (Å²) in [4.78, 5) is 11.0. The van der Waals surface area contributed by atoms with Crippen LogP contribution in [0.15, 0.2) is 0 Å². The van der Waals surface area contributed by atoms with Gasteiger partial charge in [0, 0.05) is 6.54 Å². The zero-order chi connectivity index (χ0) is 10.6. The summed E-state index contributed by atoms with van der Waals surface area (Å²) in [6.45, 7) is 5.33. The highest BCUT2D eigenvalue weighted by Crippen LogP contribution is 2.38. The molecule has 14 heavy (non-hydrogen) atoms. The van der Waals surface area contributed by atoms with Gasteiger partial charge in [0.25, 0.3) is 0 Å². The molecule has 0 radical (unpaired) electrons. The lowest BCUT2D eigenvalue weighted by Gasteiger charge is -2.31. The van der Waals surface area contributed by atoms with Crippen LogP contribution in [0, 0.1) is 11.3 Å². The van der Waals surface area contributed by atoms with Gasteiger partial charge in [0.15, 0.2) is 0 Å². The highest BCUT2D eigenvalue weighted by Gasteiger charge is 2.31. The number of nitrogens with one attached hydrogen (secondary N) is 1. The second-order valence-electron chi connectivity index (χ2n) is 4.95. The van der Waals surface area contributed by atoms with Crippen molar-refractivity contribution in [3.05, 3.63) is 0 Å². The predicted molar refractivity (Wildman–Crippen MR) is 57.8 cm³/mol. The van der Waals surface area contributed by atoms with Crippen LogP contribution < -0.4 is 11.1 Å². The monoisotopic (exact) mass is 198 g/mol. The van der Waals surface area contributed by atoms with Crippen molar-refractivity contribution in [2.75, 3.05) is 13.1 Å². The number of rotatable bonds is 4. The van der Waals surface area contributed by atoms with Crippen molar-refractivity contribution < 1.29 is 4.79 Å². The van der Waals surface area contributed by atoms with E-state index in [0.717, 1.165) is 12.5 Å². The van der Waals surface area contributed by atoms with Gasteiger partial charge in [0.05, 0.1) is 6.54 Å². The van der Waals surface area contributed by atoms with Crippen molar-refractivity contribution in [1.82, 2.24) is 5.32 Å². The van der Waals surface area contributed by atoms with Crippen LogP contribution in [0.4, 0.5) is 0 Å². The van der Waals surface area contributed by atoms with Gasteiger partial charge in [-0.2, -0.15) is 0 Å². The third kappa shape index (κ3) is 2.98. The molecule has 0 aromatic carbocycles. The van der Waals surface area contributed by atoms with Gasteiger partial charge >= 0.3 is 0 Å². The maximum absolute atomic E-state index is 11.0. The van der Waals surface area contributed by atoms with E-state index in [2.05, 4.69) is 19.2 Å². The Morgan fingerprint density at radius 3 is 2.50 bits per heavy atom. The first-order valence-corrected chi connectivity index (χ1v) is 5.53. The maximum Gasteiger partial charge on any atom is 0.233 e. The summed E-state index contributed by atoms with van der Waals surface area (Å²) in [6.07, 6.45) is 5.31. The van der Waals surface area contributed by atoms with E-state index >= 15 is 0 Å². The molecule has 1 fully saturated rings. The summed E-state index contributed by atoms with van der Waals surface area (Å²) in [5.41, 5.74) is 5.47. The van der Waals surface area contributed by atoms with Crippen LogP contribution in [0.3, 0.4) is 0 Å². The average molecular weight is 198 g/mol. The first-order chi connectivity index (χ1) is 6.56. The Balaban J connectivity index is 2.36. The van der Waals surface area contributed by atoms with Gasteiger partial charge in [-0.3, -0.25) is 4.79 Å². The smallest absolute Gasteiger partial charge is 0.233 e. The number of carbonyl (C=O) groups excluding carboxylic acids is 1. The molecule has 0 saturated heterocycles. The van der Waals surface area contributed by atoms with E-state index in [1.165, 1.54) is 25.7 Å². The van der Waals surface area contributed by atoms with Crippen LogP contribution in [0.25, 0.3) is 0 Å². The minimum Gasteiger partial charge on any atom is -0.354 e. The summed E-state index contributed by atoms with van der Waals surface area (Å²) in [5, 5.41) is 2.89. The van der Waals surface area contributed by atoms with Gasteiger partial charge in [0.2, 0.25) is 5.91 Å². The molecule has 1 aliphatic carbocycles. The maximum atomic E-state index is 11.0. The van der Waals surface area contributed by atoms with Crippen LogP contribution in [0.2, 0.25) is 0 Å². The van der Waals surface area contributed by atoms with Crippen molar-refractivity contribution in [3.63, 3.8) is 0 Å². The fourth-order valence-corrected chi connectivity index (χ4v) is 2.25. The van der Waals surface area contributed by atoms with Gasteiger partial charge in [-0.1, -0.05) is 26.7 Å². The van der Waals surface area contributed by atoms with Crippen molar-refractivity contribution in [3.8, 4) is 0 Å². The molecule has 1 amide bonds. The molecule has 1 rings (SSSR count). The summed E-state index contributed by atoms with van der Waals surface area (Å²) in [7, 11) is 0. The highest BCUT2D eigenvalue weighted by molar-refractivity contribution is 5.77. The highest BCUT2D eigenvalue weighted by atomic mass is 16.1. The SMILES string of the molecule is CC(C)(CNC(=O)CN)C1CCCC1. The molecule has 0 unspecified atom stereocenters. The standard InChI is InChI=1S/C11H22N2O/c1-11(2,8-13-10(14)7-12)9-5-3-4-6-9/h9H,3-8,12H2,1-2H3,(H,13,14). The van der Waals surface area contributed by atoms with Crippen molar-refractivity contribution in [2.45, 2.75) is 39.5 Å². The second-order valence-corrected chi connectivity index (χ2v) is 4.95. The molecule has 0 aromatic heterocycles. The fraction of sp³-hybridized carbons (Fsp3) is 0.909. The van der Waals surface area contributed by atoms with E-state index in [1.807, 2.05) is 0 Å². The molecule has 0 bridgehead atoms. The fourth-order valence-electron chi connectivity index (χ4n) is 2.25. The number of hydrogen-bond donors (Lipinski definition) is 2. The number of hydrogen-bond acceptors (Lipinski definition) is 2. The molecule has 1 aliphatic rings. The average Bonchev–Trinajstić information content (AvgIpc) is 2.67. The van der Waals surface area contributed by atoms with Gasteiger partial charge in [-0.05, 0) is 24.2 Å². The van der Waals surface area contributed by atoms with E-state index in [9.17, 15) is 4.79 Å². The Labute approximate surface area is 86.4 Å². The van der Waals surface area contributed by atoms with Gasteiger partial charge in [-0.25, -0.2) is 0 Å². The summed E-state index contributed by atoms with van der Waals surface area (Å²) < 4.78 is 0. The van der Waals surface area contributed by atoms with E-state index in [1.54, 1.807) is 0 Å². The van der Waals surface area contributed by atoms with Gasteiger partial charge < -0.3 is 11.1 Å². The molecule has 3 nitrogen and oxygen atoms in total. The first kappa shape index (κ1) is 11.5. The Morgan fingerprint density at radius 1 is 1.43 bits per heavy atom. The van der Waals surface area contributed by atoms with E-state index in [0.29, 0.717) is 0 Å². The van der Waals surface area contributed by atoms with E-state index in [4.69, 9.17) is 5.73 Å². The molecule has 0 spiro atoms. The molecule has 1 saturated carbocycles. The Bertz CT molecular complexity index is 195. The second kappa shape index (κ2) is 4.78. The van der Waals surface area contributed by atoms with Crippen LogP contribution in [0.1, 0.15) is 39.5 Å². The predicted octanol–water partition coefficient (Wildman–Crippen LogP) is 1.28. The molecular formula is C11H22N2O. The Hall–Kier alpha value is -0.570. The minimum absolute atomic E-state index is 0.0453. The van der Waals surface area contributed by atoms with Crippen molar-refractivity contribution in [1.29, 1.82) is 0 Å². The van der Waals surface area contributed by atoms with Crippen molar-refractivity contribution in [2.24, 2.45) is 17.1 Å². The number of nitrogens with two attached hydrogens (primary N) is 1. The minimum atomic E-state index is -0.0453. The van der Waals surface area contributed by atoms with E-state index < -0.39 is 0 Å². The van der Waals surface area contributed by atoms with Gasteiger partial charge in [0.1, 0.15) is 0 Å². The zero-order valence-corrected chi connectivity index (χ0v) is 9.31. The summed E-state index contributed by atoms with van der Waals surface area (Å²) >= 11 is 0. The van der Waals surface area contributed by atoms with Gasteiger partial charge in [-0.15, -0.1) is 0 Å². The Morgan fingerprint density at radius 2 is 2.00 bits per heavy atom. The lowest BCUT2D eigenvalue weighted by Crippen LogP contribution is -2.40. The van der Waals surface area contributed by atoms with Crippen molar-refractivity contribution >= 4 is 5.91 Å². The van der Waals surface area contributed by atoms with Crippen LogP contribution in [0.5, 0.6) is 0 Å². The summed E-state index contributed by atoms with van der Waals surface area (Å²) in [6, 6.07) is 0. The summed E-state index contributed by atoms with van der Waals surface area (Å²) in [5.74, 6) is 0.719. The quantitative estimate of drug-likeness (QED) is 0.715. The number of amides is 1. The molecule has 3 heteroatoms. The van der Waals surface area contributed by atoms with Crippen LogP contribution in [-0.4, -0.2) is 19.0 Å². The zero-order valence-electron chi connectivity index (χ0n) is 9.31. The first-order valence-electron chi connectivity index (χ1n) is 5.53. The lowest BCUT2D eigenvalue weighted by molar-refractivity contribution is -0.120. The molecule has 0 atom stereocenters. The topological polar surface area (TPSA) is 55.1 Å². The molecular weight excluding hydrogens is 176 g/mol. The molecule has 0 aromatic rings. The van der Waals surface area contributed by atoms with Crippen LogP contribution >= 0.6 is 0 Å². The molecule has 0 aliphatic heterocycles. The molecule has 0 heterocycles.